The molecule has 3 N–H and O–H groups in total. The summed E-state index contributed by atoms with van der Waals surface area (Å²) in [6.45, 7) is 3.45. The molecule has 1 atom stereocenters. The van der Waals surface area contributed by atoms with Crippen LogP contribution in [0.15, 0.2) is 30.3 Å². The summed E-state index contributed by atoms with van der Waals surface area (Å²) in [6.07, 6.45) is 2.82. The Morgan fingerprint density at radius 1 is 1.21 bits per heavy atom. The lowest BCUT2D eigenvalue weighted by molar-refractivity contribution is -0.142. The van der Waals surface area contributed by atoms with Gasteiger partial charge in [-0.1, -0.05) is 26.0 Å². The topological polar surface area (TPSA) is 86.6 Å². The fourth-order valence-electron chi connectivity index (χ4n) is 1.47. The zero-order chi connectivity index (χ0) is 14.4. The second-order valence-corrected chi connectivity index (χ2v) is 4.49. The number of amides is 1. The molecule has 0 fully saturated rings. The first-order chi connectivity index (χ1) is 8.90. The molecule has 19 heavy (non-hydrogen) atoms. The Bertz CT molecular complexity index is 477. The number of phenolic OH excluding ortho intramolecular Hbond substituents is 1. The molecule has 0 heterocycles. The highest BCUT2D eigenvalue weighted by molar-refractivity contribution is 5.94. The maximum atomic E-state index is 11.6. The van der Waals surface area contributed by atoms with Gasteiger partial charge in [0.2, 0.25) is 5.91 Å². The SMILES string of the molecule is CC(C)[C@@H](NC(=O)C=Cc1ccc(O)cc1)C(=O)O. The summed E-state index contributed by atoms with van der Waals surface area (Å²) in [5.74, 6) is -1.56. The first-order valence-electron chi connectivity index (χ1n) is 5.90. The fraction of sp³-hybridized carbons (Fsp3) is 0.286. The van der Waals surface area contributed by atoms with Crippen molar-refractivity contribution in [1.29, 1.82) is 0 Å². The summed E-state index contributed by atoms with van der Waals surface area (Å²) in [5.41, 5.74) is 0.740. The van der Waals surface area contributed by atoms with E-state index in [2.05, 4.69) is 5.32 Å². The molecule has 102 valence electrons. The Labute approximate surface area is 111 Å². The number of nitrogens with one attached hydrogen (secondary N) is 1. The Kier molecular flexibility index (Phi) is 5.11. The van der Waals surface area contributed by atoms with Crippen molar-refractivity contribution < 1.29 is 19.8 Å². The lowest BCUT2D eigenvalue weighted by atomic mass is 10.0. The molecule has 5 heteroatoms. The van der Waals surface area contributed by atoms with E-state index in [1.807, 2.05) is 0 Å². The predicted octanol–water partition coefficient (Wildman–Crippen LogP) is 1.63. The van der Waals surface area contributed by atoms with E-state index in [-0.39, 0.29) is 11.7 Å². The number of aromatic hydroxyl groups is 1. The number of carboxylic acids is 1. The van der Waals surface area contributed by atoms with Gasteiger partial charge in [0.05, 0.1) is 0 Å². The number of hydrogen-bond acceptors (Lipinski definition) is 3. The quantitative estimate of drug-likeness (QED) is 0.705. The van der Waals surface area contributed by atoms with Crippen LogP contribution in [0.4, 0.5) is 0 Å². The van der Waals surface area contributed by atoms with E-state index < -0.39 is 17.9 Å². The smallest absolute Gasteiger partial charge is 0.326 e. The van der Waals surface area contributed by atoms with Gasteiger partial charge in [-0.3, -0.25) is 4.79 Å². The summed E-state index contributed by atoms with van der Waals surface area (Å²) in [5, 5.41) is 20.5. The Balaban J connectivity index is 2.64. The lowest BCUT2D eigenvalue weighted by Gasteiger charge is -2.16. The highest BCUT2D eigenvalue weighted by Gasteiger charge is 2.22. The van der Waals surface area contributed by atoms with Gasteiger partial charge in [-0.25, -0.2) is 4.79 Å². The second-order valence-electron chi connectivity index (χ2n) is 4.49. The van der Waals surface area contributed by atoms with Gasteiger partial charge >= 0.3 is 5.97 Å². The van der Waals surface area contributed by atoms with Crippen molar-refractivity contribution in [3.05, 3.63) is 35.9 Å². The van der Waals surface area contributed by atoms with Crippen molar-refractivity contribution in [2.45, 2.75) is 19.9 Å². The third-order valence-electron chi connectivity index (χ3n) is 2.55. The van der Waals surface area contributed by atoms with E-state index in [0.29, 0.717) is 0 Å². The third kappa shape index (κ3) is 4.83. The van der Waals surface area contributed by atoms with Crippen LogP contribution in [0.5, 0.6) is 5.75 Å². The number of carbonyl (C=O) groups excluding carboxylic acids is 1. The number of carbonyl (C=O) groups is 2. The van der Waals surface area contributed by atoms with Gasteiger partial charge in [0, 0.05) is 6.08 Å². The van der Waals surface area contributed by atoms with E-state index in [1.165, 1.54) is 18.2 Å². The van der Waals surface area contributed by atoms with Crippen molar-refractivity contribution in [2.75, 3.05) is 0 Å². The highest BCUT2D eigenvalue weighted by Crippen LogP contribution is 2.10. The van der Waals surface area contributed by atoms with Crippen LogP contribution in [0.1, 0.15) is 19.4 Å². The Hall–Kier alpha value is -2.30. The largest absolute Gasteiger partial charge is 0.508 e. The van der Waals surface area contributed by atoms with E-state index in [9.17, 15) is 9.59 Å². The summed E-state index contributed by atoms with van der Waals surface area (Å²) in [4.78, 5) is 22.5. The number of aliphatic carboxylic acids is 1. The Morgan fingerprint density at radius 2 is 1.79 bits per heavy atom. The number of benzene rings is 1. The molecule has 1 aromatic rings. The monoisotopic (exact) mass is 263 g/mol. The van der Waals surface area contributed by atoms with Gasteiger partial charge in [0.25, 0.3) is 0 Å². The molecule has 5 nitrogen and oxygen atoms in total. The predicted molar refractivity (Wildman–Crippen MR) is 71.5 cm³/mol. The second kappa shape index (κ2) is 6.58. The molecule has 1 aromatic carbocycles. The number of hydrogen-bond donors (Lipinski definition) is 3. The first-order valence-corrected chi connectivity index (χ1v) is 5.90. The number of rotatable bonds is 5. The molecule has 0 saturated carbocycles. The minimum absolute atomic E-state index is 0.146. The molecule has 1 amide bonds. The van der Waals surface area contributed by atoms with Crippen molar-refractivity contribution in [3.63, 3.8) is 0 Å². The van der Waals surface area contributed by atoms with E-state index in [0.717, 1.165) is 5.56 Å². The van der Waals surface area contributed by atoms with Crippen LogP contribution in [0.2, 0.25) is 0 Å². The molecule has 0 aliphatic carbocycles. The van der Waals surface area contributed by atoms with Crippen LogP contribution in [0.3, 0.4) is 0 Å². The van der Waals surface area contributed by atoms with Crippen molar-refractivity contribution >= 4 is 18.0 Å². The molecule has 0 bridgehead atoms. The zero-order valence-electron chi connectivity index (χ0n) is 10.8. The maximum absolute atomic E-state index is 11.6. The third-order valence-corrected chi connectivity index (χ3v) is 2.55. The van der Waals surface area contributed by atoms with Crippen molar-refractivity contribution in [2.24, 2.45) is 5.92 Å². The zero-order valence-corrected chi connectivity index (χ0v) is 10.8. The van der Waals surface area contributed by atoms with Gasteiger partial charge in [-0.05, 0) is 29.7 Å². The normalized spacial score (nSPS) is 12.6. The molecule has 0 aromatic heterocycles. The highest BCUT2D eigenvalue weighted by atomic mass is 16.4. The van der Waals surface area contributed by atoms with Gasteiger partial charge in [-0.2, -0.15) is 0 Å². The molecule has 1 rings (SSSR count). The molecule has 0 spiro atoms. The van der Waals surface area contributed by atoms with E-state index >= 15 is 0 Å². The van der Waals surface area contributed by atoms with Crippen LogP contribution in [0.25, 0.3) is 6.08 Å². The van der Waals surface area contributed by atoms with Crippen LogP contribution in [-0.4, -0.2) is 28.1 Å². The average molecular weight is 263 g/mol. The van der Waals surface area contributed by atoms with Crippen molar-refractivity contribution in [3.8, 4) is 5.75 Å². The van der Waals surface area contributed by atoms with Gasteiger partial charge in [-0.15, -0.1) is 0 Å². The van der Waals surface area contributed by atoms with Gasteiger partial charge < -0.3 is 15.5 Å². The van der Waals surface area contributed by atoms with E-state index in [1.54, 1.807) is 32.1 Å². The molecule has 0 aliphatic rings. The maximum Gasteiger partial charge on any atom is 0.326 e. The van der Waals surface area contributed by atoms with Gasteiger partial charge in [0.1, 0.15) is 11.8 Å². The molecule has 0 unspecified atom stereocenters. The minimum Gasteiger partial charge on any atom is -0.508 e. The molecule has 0 radical (unpaired) electrons. The molecule has 0 saturated heterocycles. The van der Waals surface area contributed by atoms with Crippen LogP contribution < -0.4 is 5.32 Å². The Morgan fingerprint density at radius 3 is 2.26 bits per heavy atom. The summed E-state index contributed by atoms with van der Waals surface area (Å²) < 4.78 is 0. The summed E-state index contributed by atoms with van der Waals surface area (Å²) in [6, 6.07) is 5.40. The standard InChI is InChI=1S/C14H17NO4/c1-9(2)13(14(18)19)15-12(17)8-5-10-3-6-11(16)7-4-10/h3-9,13,16H,1-2H3,(H,15,17)(H,18,19)/t13-/m1/s1. The number of carboxylic acid groups (broad SMARTS) is 1. The van der Waals surface area contributed by atoms with Crippen LogP contribution in [-0.2, 0) is 9.59 Å². The molecular weight excluding hydrogens is 246 g/mol. The molecule has 0 aliphatic heterocycles. The summed E-state index contributed by atoms with van der Waals surface area (Å²) in [7, 11) is 0. The average Bonchev–Trinajstić information content (AvgIpc) is 2.34. The van der Waals surface area contributed by atoms with Gasteiger partial charge in [0.15, 0.2) is 0 Å². The molecular formula is C14H17NO4. The van der Waals surface area contributed by atoms with Crippen molar-refractivity contribution in [1.82, 2.24) is 5.32 Å². The van der Waals surface area contributed by atoms with Crippen LogP contribution >= 0.6 is 0 Å². The van der Waals surface area contributed by atoms with E-state index in [4.69, 9.17) is 10.2 Å². The van der Waals surface area contributed by atoms with Crippen LogP contribution in [0, 0.1) is 5.92 Å². The lowest BCUT2D eigenvalue weighted by Crippen LogP contribution is -2.43. The minimum atomic E-state index is -1.05. The fourth-order valence-corrected chi connectivity index (χ4v) is 1.47. The summed E-state index contributed by atoms with van der Waals surface area (Å²) >= 11 is 0. The number of phenols is 1. The first kappa shape index (κ1) is 14.8.